The summed E-state index contributed by atoms with van der Waals surface area (Å²) in [4.78, 5) is 14.0. The second-order valence-electron chi connectivity index (χ2n) is 10.6. The summed E-state index contributed by atoms with van der Waals surface area (Å²) in [5.41, 5.74) is 3.30. The van der Waals surface area contributed by atoms with Gasteiger partial charge in [0.15, 0.2) is 11.4 Å². The van der Waals surface area contributed by atoms with Crippen molar-refractivity contribution in [1.82, 2.24) is 15.0 Å². The minimum absolute atomic E-state index is 0.00151. The van der Waals surface area contributed by atoms with Crippen LogP contribution in [0.1, 0.15) is 44.5 Å². The molecular formula is C26H33N5O4. The van der Waals surface area contributed by atoms with E-state index < -0.39 is 5.79 Å². The number of aryl methyl sites for hydroxylation is 2. The van der Waals surface area contributed by atoms with Gasteiger partial charge in [0.1, 0.15) is 17.7 Å². The first kappa shape index (κ1) is 22.7. The van der Waals surface area contributed by atoms with Crippen LogP contribution in [0.15, 0.2) is 22.7 Å². The van der Waals surface area contributed by atoms with E-state index in [2.05, 4.69) is 15.6 Å². The number of fused-ring (bicyclic) bond motifs is 2. The number of furan rings is 1. The third-order valence-electron chi connectivity index (χ3n) is 7.26. The van der Waals surface area contributed by atoms with Gasteiger partial charge in [-0.1, -0.05) is 0 Å². The number of hydrogen-bond acceptors (Lipinski definition) is 9. The van der Waals surface area contributed by atoms with Crippen molar-refractivity contribution in [1.29, 1.82) is 0 Å². The fourth-order valence-electron chi connectivity index (χ4n) is 5.37. The first-order chi connectivity index (χ1) is 16.8. The maximum Gasteiger partial charge on any atom is 0.224 e. The highest BCUT2D eigenvalue weighted by Gasteiger charge is 2.54. The molecule has 2 saturated carbocycles. The summed E-state index contributed by atoms with van der Waals surface area (Å²) in [5, 5.41) is 18.0. The minimum Gasteiger partial charge on any atom is -0.454 e. The van der Waals surface area contributed by atoms with E-state index in [1.165, 1.54) is 12.8 Å². The van der Waals surface area contributed by atoms with Crippen LogP contribution < -0.4 is 10.6 Å². The average Bonchev–Trinajstić information content (AvgIpc) is 3.35. The zero-order valence-corrected chi connectivity index (χ0v) is 20.7. The molecule has 6 rings (SSSR count). The molecule has 35 heavy (non-hydrogen) atoms. The number of aliphatic hydroxyl groups is 1. The minimum atomic E-state index is -0.686. The van der Waals surface area contributed by atoms with Gasteiger partial charge in [-0.25, -0.2) is 4.98 Å². The monoisotopic (exact) mass is 479 g/mol. The predicted molar refractivity (Wildman–Crippen MR) is 132 cm³/mol. The van der Waals surface area contributed by atoms with Crippen molar-refractivity contribution in [2.75, 3.05) is 23.8 Å². The fourth-order valence-corrected chi connectivity index (χ4v) is 5.37. The molecule has 3 fully saturated rings. The highest BCUT2D eigenvalue weighted by Crippen LogP contribution is 2.44. The Labute approximate surface area is 204 Å². The maximum atomic E-state index is 10.00. The Morgan fingerprint density at radius 3 is 2.69 bits per heavy atom. The van der Waals surface area contributed by atoms with Gasteiger partial charge in [-0.2, -0.15) is 4.98 Å². The Kier molecular flexibility index (Phi) is 5.47. The molecule has 2 aliphatic carbocycles. The first-order valence-electron chi connectivity index (χ1n) is 12.5. The Morgan fingerprint density at radius 2 is 1.91 bits per heavy atom. The number of nitrogens with one attached hydrogen (secondary N) is 2. The molecule has 3 N–H and O–H groups in total. The molecule has 0 spiro atoms. The number of nitrogens with zero attached hydrogens (tertiary/aromatic N) is 3. The lowest BCUT2D eigenvalue weighted by Crippen LogP contribution is -2.35. The lowest BCUT2D eigenvalue weighted by atomic mass is 10.1. The summed E-state index contributed by atoms with van der Waals surface area (Å²) in [6.45, 7) is 8.71. The maximum absolute atomic E-state index is 10.00. The third kappa shape index (κ3) is 4.37. The zero-order valence-electron chi connectivity index (χ0n) is 20.7. The molecular weight excluding hydrogens is 446 g/mol. The highest BCUT2D eigenvalue weighted by molar-refractivity contribution is 5.86. The summed E-state index contributed by atoms with van der Waals surface area (Å²) in [6, 6.07) is 3.96. The lowest BCUT2D eigenvalue weighted by Gasteiger charge is -2.25. The smallest absolute Gasteiger partial charge is 0.224 e. The highest BCUT2D eigenvalue weighted by atomic mass is 16.8. The van der Waals surface area contributed by atoms with Crippen LogP contribution in [-0.2, 0) is 9.47 Å². The van der Waals surface area contributed by atoms with Crippen molar-refractivity contribution in [3.63, 3.8) is 0 Å². The normalized spacial score (nSPS) is 27.3. The number of anilines is 2. The van der Waals surface area contributed by atoms with E-state index >= 15 is 0 Å². The summed E-state index contributed by atoms with van der Waals surface area (Å²) in [7, 11) is 0. The van der Waals surface area contributed by atoms with Crippen LogP contribution in [0, 0.1) is 25.7 Å². The van der Waals surface area contributed by atoms with Crippen molar-refractivity contribution in [2.45, 2.75) is 71.0 Å². The average molecular weight is 480 g/mol. The second kappa shape index (κ2) is 8.43. The van der Waals surface area contributed by atoms with Crippen LogP contribution in [0.2, 0.25) is 0 Å². The number of aliphatic hydroxyl groups excluding tert-OH is 1. The van der Waals surface area contributed by atoms with Crippen LogP contribution in [0.3, 0.4) is 0 Å². The molecule has 186 valence electrons. The van der Waals surface area contributed by atoms with Gasteiger partial charge in [0, 0.05) is 30.1 Å². The van der Waals surface area contributed by atoms with Crippen molar-refractivity contribution >= 4 is 22.7 Å². The van der Waals surface area contributed by atoms with Gasteiger partial charge < -0.3 is 29.6 Å². The zero-order chi connectivity index (χ0) is 24.3. The van der Waals surface area contributed by atoms with E-state index in [0.717, 1.165) is 40.9 Å². The van der Waals surface area contributed by atoms with Gasteiger partial charge in [0.2, 0.25) is 5.95 Å². The fraction of sp³-hybridized carbons (Fsp3) is 0.577. The van der Waals surface area contributed by atoms with E-state index in [1.807, 2.05) is 39.8 Å². The van der Waals surface area contributed by atoms with Gasteiger partial charge in [-0.05, 0) is 65.0 Å². The summed E-state index contributed by atoms with van der Waals surface area (Å²) in [6.07, 6.45) is 4.63. The van der Waals surface area contributed by atoms with Crippen LogP contribution >= 0.6 is 0 Å². The molecule has 1 saturated heterocycles. The topological polar surface area (TPSA) is 115 Å². The second-order valence-corrected chi connectivity index (χ2v) is 10.6. The third-order valence-corrected chi connectivity index (χ3v) is 7.26. The van der Waals surface area contributed by atoms with E-state index in [1.54, 1.807) is 6.20 Å². The molecule has 9 heteroatoms. The van der Waals surface area contributed by atoms with E-state index in [9.17, 15) is 5.11 Å². The Balaban J connectivity index is 1.38. The number of pyridine rings is 1. The Morgan fingerprint density at radius 1 is 1.11 bits per heavy atom. The van der Waals surface area contributed by atoms with Gasteiger partial charge in [-0.15, -0.1) is 0 Å². The molecule has 4 heterocycles. The van der Waals surface area contributed by atoms with Gasteiger partial charge in [-0.3, -0.25) is 4.98 Å². The molecule has 0 unspecified atom stereocenters. The molecule has 0 aromatic carbocycles. The summed E-state index contributed by atoms with van der Waals surface area (Å²) in [5.74, 6) is 2.00. The molecule has 3 aliphatic rings. The van der Waals surface area contributed by atoms with Gasteiger partial charge >= 0.3 is 0 Å². The molecule has 3 aromatic rings. The van der Waals surface area contributed by atoms with E-state index in [-0.39, 0.29) is 30.8 Å². The van der Waals surface area contributed by atoms with Crippen LogP contribution in [0.5, 0.6) is 0 Å². The van der Waals surface area contributed by atoms with Crippen molar-refractivity contribution in [3.8, 4) is 11.3 Å². The Bertz CT molecular complexity index is 1250. The van der Waals surface area contributed by atoms with Gasteiger partial charge in [0.25, 0.3) is 0 Å². The van der Waals surface area contributed by atoms with E-state index in [0.29, 0.717) is 23.4 Å². The standard InChI is InChI=1S/C26H33N5O4/c1-13-7-16-9-19(33-20(16)11-27-13)21-14(2)29-25(28-10-15-5-6-15)31-24(21)30-18-8-17(12-32)22-23(18)35-26(3,4)34-22/h7,9,11,15,17-18,22-23,32H,5-6,8,10,12H2,1-4H3,(H2,28,29,30,31)/t17-,18-,22-,23+/m1/s1. The molecule has 3 aromatic heterocycles. The predicted octanol–water partition coefficient (Wildman–Crippen LogP) is 4.04. The number of aromatic nitrogens is 3. The molecule has 4 atom stereocenters. The van der Waals surface area contributed by atoms with Crippen LogP contribution in [0.4, 0.5) is 11.8 Å². The summed E-state index contributed by atoms with van der Waals surface area (Å²) >= 11 is 0. The van der Waals surface area contributed by atoms with E-state index in [4.69, 9.17) is 23.9 Å². The SMILES string of the molecule is Cc1cc2cc(-c3c(C)nc(NCC4CC4)nc3N[C@@H]3C[C@H](CO)[C@H]4OC(C)(C)O[C@H]43)oc2cn1. The van der Waals surface area contributed by atoms with Crippen molar-refractivity contribution < 1.29 is 19.0 Å². The van der Waals surface area contributed by atoms with Crippen molar-refractivity contribution in [2.24, 2.45) is 11.8 Å². The molecule has 9 nitrogen and oxygen atoms in total. The van der Waals surface area contributed by atoms with Crippen LogP contribution in [-0.4, -0.2) is 57.2 Å². The van der Waals surface area contributed by atoms with Crippen molar-refractivity contribution in [3.05, 3.63) is 29.7 Å². The number of hydrogen-bond donors (Lipinski definition) is 3. The molecule has 1 aliphatic heterocycles. The Hall–Kier alpha value is -2.75. The van der Waals surface area contributed by atoms with Crippen LogP contribution in [0.25, 0.3) is 22.3 Å². The summed E-state index contributed by atoms with van der Waals surface area (Å²) < 4.78 is 18.6. The molecule has 0 amide bonds. The molecule has 0 radical (unpaired) electrons. The quantitative estimate of drug-likeness (QED) is 0.462. The molecule has 0 bridgehead atoms. The lowest BCUT2D eigenvalue weighted by molar-refractivity contribution is -0.158. The largest absolute Gasteiger partial charge is 0.454 e. The number of rotatable bonds is 7. The first-order valence-corrected chi connectivity index (χ1v) is 12.5. The number of ether oxygens (including phenoxy) is 2. The van der Waals surface area contributed by atoms with Gasteiger partial charge in [0.05, 0.1) is 29.6 Å².